The van der Waals surface area contributed by atoms with Crippen molar-refractivity contribution in [1.82, 2.24) is 9.78 Å². The summed E-state index contributed by atoms with van der Waals surface area (Å²) in [6, 6.07) is 7.22. The molecule has 5 heteroatoms. The maximum absolute atomic E-state index is 10.9. The summed E-state index contributed by atoms with van der Waals surface area (Å²) in [7, 11) is 0. The van der Waals surface area contributed by atoms with Crippen molar-refractivity contribution in [3.63, 3.8) is 0 Å². The predicted octanol–water partition coefficient (Wildman–Crippen LogP) is 3.96. The average molecular weight is 344 g/mol. The van der Waals surface area contributed by atoms with E-state index in [0.717, 1.165) is 28.7 Å². The Morgan fingerprint density at radius 2 is 2.00 bits per heavy atom. The molecular weight excluding hydrogens is 328 g/mol. The second-order valence-corrected chi connectivity index (χ2v) is 5.93. The normalized spacial score (nSPS) is 14.4. The SMILES string of the molecule is CCCn1ncc(Br)c1C(C)(O)c1ccc(Cl)cc1. The largest absolute Gasteiger partial charge is 0.379 e. The number of nitrogens with zero attached hydrogens (tertiary/aromatic N) is 2. The molecule has 0 spiro atoms. The van der Waals surface area contributed by atoms with E-state index < -0.39 is 5.60 Å². The Hall–Kier alpha value is -0.840. The minimum atomic E-state index is -1.12. The van der Waals surface area contributed by atoms with Crippen LogP contribution >= 0.6 is 27.5 Å². The molecule has 0 aliphatic heterocycles. The van der Waals surface area contributed by atoms with Crippen molar-refractivity contribution in [2.24, 2.45) is 0 Å². The fourth-order valence-electron chi connectivity index (χ4n) is 2.14. The van der Waals surface area contributed by atoms with E-state index in [2.05, 4.69) is 28.0 Å². The van der Waals surface area contributed by atoms with Crippen LogP contribution in [-0.4, -0.2) is 14.9 Å². The molecule has 2 aromatic rings. The highest BCUT2D eigenvalue weighted by atomic mass is 79.9. The number of aryl methyl sites for hydroxylation is 1. The Bertz CT molecular complexity index is 563. The summed E-state index contributed by atoms with van der Waals surface area (Å²) in [6.45, 7) is 4.62. The van der Waals surface area contributed by atoms with Crippen molar-refractivity contribution < 1.29 is 5.11 Å². The van der Waals surface area contributed by atoms with Gasteiger partial charge in [-0.3, -0.25) is 4.68 Å². The lowest BCUT2D eigenvalue weighted by atomic mass is 9.92. The highest BCUT2D eigenvalue weighted by Crippen LogP contribution is 2.34. The van der Waals surface area contributed by atoms with Crippen LogP contribution in [0.3, 0.4) is 0 Å². The maximum atomic E-state index is 10.9. The monoisotopic (exact) mass is 342 g/mol. The van der Waals surface area contributed by atoms with Crippen molar-refractivity contribution in [2.45, 2.75) is 32.4 Å². The smallest absolute Gasteiger partial charge is 0.129 e. The van der Waals surface area contributed by atoms with Crippen molar-refractivity contribution in [1.29, 1.82) is 0 Å². The molecule has 0 fully saturated rings. The fraction of sp³-hybridized carbons (Fsp3) is 0.357. The Morgan fingerprint density at radius 3 is 2.58 bits per heavy atom. The lowest BCUT2D eigenvalue weighted by molar-refractivity contribution is 0.0906. The molecule has 2 rings (SSSR count). The molecule has 1 atom stereocenters. The summed E-state index contributed by atoms with van der Waals surface area (Å²) in [4.78, 5) is 0. The summed E-state index contributed by atoms with van der Waals surface area (Å²) < 4.78 is 2.64. The first kappa shape index (κ1) is 14.6. The molecule has 1 heterocycles. The van der Waals surface area contributed by atoms with Gasteiger partial charge in [0.1, 0.15) is 5.60 Å². The van der Waals surface area contributed by atoms with Gasteiger partial charge in [0, 0.05) is 11.6 Å². The summed E-state index contributed by atoms with van der Waals surface area (Å²) in [5.41, 5.74) is 0.432. The number of hydrogen-bond acceptors (Lipinski definition) is 2. The van der Waals surface area contributed by atoms with Gasteiger partial charge in [0.15, 0.2) is 0 Å². The van der Waals surface area contributed by atoms with E-state index in [1.807, 2.05) is 16.8 Å². The first-order chi connectivity index (χ1) is 8.96. The van der Waals surface area contributed by atoms with Crippen LogP contribution in [0.15, 0.2) is 34.9 Å². The molecule has 102 valence electrons. The van der Waals surface area contributed by atoms with Crippen LogP contribution in [0.4, 0.5) is 0 Å². The molecule has 0 saturated heterocycles. The highest BCUT2D eigenvalue weighted by Gasteiger charge is 2.31. The van der Waals surface area contributed by atoms with Crippen LogP contribution in [0.5, 0.6) is 0 Å². The molecule has 19 heavy (non-hydrogen) atoms. The topological polar surface area (TPSA) is 38.0 Å². The van der Waals surface area contributed by atoms with Gasteiger partial charge in [-0.15, -0.1) is 0 Å². The number of aromatic nitrogens is 2. The van der Waals surface area contributed by atoms with Gasteiger partial charge in [-0.25, -0.2) is 0 Å². The molecular formula is C14H16BrClN2O. The maximum Gasteiger partial charge on any atom is 0.129 e. The minimum Gasteiger partial charge on any atom is -0.379 e. The molecule has 3 nitrogen and oxygen atoms in total. The number of benzene rings is 1. The quantitative estimate of drug-likeness (QED) is 0.912. The second-order valence-electron chi connectivity index (χ2n) is 4.64. The van der Waals surface area contributed by atoms with Crippen molar-refractivity contribution >= 4 is 27.5 Å². The van der Waals surface area contributed by atoms with Gasteiger partial charge in [0.2, 0.25) is 0 Å². The predicted molar refractivity (Wildman–Crippen MR) is 80.3 cm³/mol. The molecule has 0 amide bonds. The molecule has 1 unspecified atom stereocenters. The van der Waals surface area contributed by atoms with E-state index in [4.69, 9.17) is 11.6 Å². The molecule has 0 aliphatic rings. The Morgan fingerprint density at radius 1 is 1.37 bits per heavy atom. The van der Waals surface area contributed by atoms with Crippen molar-refractivity contribution in [2.75, 3.05) is 0 Å². The fourth-order valence-corrected chi connectivity index (χ4v) is 2.95. The zero-order chi connectivity index (χ0) is 14.0. The van der Waals surface area contributed by atoms with E-state index in [1.54, 1.807) is 25.3 Å². The number of aliphatic hydroxyl groups is 1. The van der Waals surface area contributed by atoms with Gasteiger partial charge >= 0.3 is 0 Å². The molecule has 0 radical (unpaired) electrons. The lowest BCUT2D eigenvalue weighted by Gasteiger charge is -2.25. The first-order valence-electron chi connectivity index (χ1n) is 6.17. The van der Waals surface area contributed by atoms with Crippen molar-refractivity contribution in [3.8, 4) is 0 Å². The Labute approximate surface area is 126 Å². The van der Waals surface area contributed by atoms with Gasteiger partial charge in [-0.1, -0.05) is 30.7 Å². The summed E-state index contributed by atoms with van der Waals surface area (Å²) in [6.07, 6.45) is 2.67. The van der Waals surface area contributed by atoms with E-state index in [9.17, 15) is 5.11 Å². The summed E-state index contributed by atoms with van der Waals surface area (Å²) >= 11 is 9.36. The van der Waals surface area contributed by atoms with Crippen LogP contribution < -0.4 is 0 Å². The Kier molecular flexibility index (Phi) is 4.33. The van der Waals surface area contributed by atoms with Gasteiger partial charge in [-0.2, -0.15) is 5.10 Å². The van der Waals surface area contributed by atoms with E-state index in [0.29, 0.717) is 5.02 Å². The van der Waals surface area contributed by atoms with Gasteiger partial charge in [0.05, 0.1) is 16.4 Å². The number of halogens is 2. The lowest BCUT2D eigenvalue weighted by Crippen LogP contribution is -2.27. The number of hydrogen-bond donors (Lipinski definition) is 1. The van der Waals surface area contributed by atoms with Gasteiger partial charge in [-0.05, 0) is 47.0 Å². The first-order valence-corrected chi connectivity index (χ1v) is 7.34. The molecule has 0 bridgehead atoms. The summed E-state index contributed by atoms with van der Waals surface area (Å²) in [5, 5.41) is 15.8. The van der Waals surface area contributed by atoms with Crippen molar-refractivity contribution in [3.05, 3.63) is 51.2 Å². The van der Waals surface area contributed by atoms with Crippen LogP contribution in [0.25, 0.3) is 0 Å². The molecule has 0 saturated carbocycles. The third-order valence-electron chi connectivity index (χ3n) is 3.10. The van der Waals surface area contributed by atoms with Crippen LogP contribution in [-0.2, 0) is 12.1 Å². The zero-order valence-electron chi connectivity index (χ0n) is 10.9. The molecule has 1 aromatic carbocycles. The highest BCUT2D eigenvalue weighted by molar-refractivity contribution is 9.10. The second kappa shape index (κ2) is 5.65. The van der Waals surface area contributed by atoms with Crippen LogP contribution in [0.1, 0.15) is 31.5 Å². The average Bonchev–Trinajstić information content (AvgIpc) is 2.72. The third kappa shape index (κ3) is 2.86. The standard InChI is InChI=1S/C14H16BrClN2O/c1-3-8-18-13(12(15)9-17-18)14(2,19)10-4-6-11(16)7-5-10/h4-7,9,19H,3,8H2,1-2H3. The van der Waals surface area contributed by atoms with Crippen LogP contribution in [0.2, 0.25) is 5.02 Å². The minimum absolute atomic E-state index is 0.653. The van der Waals surface area contributed by atoms with E-state index in [-0.39, 0.29) is 0 Å². The number of rotatable bonds is 4. The molecule has 1 aromatic heterocycles. The molecule has 0 aliphatic carbocycles. The van der Waals surface area contributed by atoms with Gasteiger partial charge < -0.3 is 5.11 Å². The Balaban J connectivity index is 2.49. The van der Waals surface area contributed by atoms with E-state index >= 15 is 0 Å². The zero-order valence-corrected chi connectivity index (χ0v) is 13.2. The third-order valence-corrected chi connectivity index (χ3v) is 3.93. The van der Waals surface area contributed by atoms with E-state index in [1.165, 1.54) is 0 Å². The van der Waals surface area contributed by atoms with Gasteiger partial charge in [0.25, 0.3) is 0 Å². The molecule has 1 N–H and O–H groups in total. The summed E-state index contributed by atoms with van der Waals surface area (Å²) in [5.74, 6) is 0. The van der Waals surface area contributed by atoms with Crippen LogP contribution in [0, 0.1) is 0 Å².